The minimum absolute atomic E-state index is 0. The molecular weight excluding hydrogens is 484 g/mol. The van der Waals surface area contributed by atoms with Crippen molar-refractivity contribution in [1.82, 2.24) is 20.4 Å². The average molecular weight is 515 g/mol. The molecule has 1 fully saturated rings. The van der Waals surface area contributed by atoms with Crippen molar-refractivity contribution < 1.29 is 9.13 Å². The first-order valence-corrected chi connectivity index (χ1v) is 10.1. The van der Waals surface area contributed by atoms with Crippen LogP contribution in [0.15, 0.2) is 47.7 Å². The van der Waals surface area contributed by atoms with Crippen molar-refractivity contribution in [2.75, 3.05) is 32.8 Å². The summed E-state index contributed by atoms with van der Waals surface area (Å²) in [5.74, 6) is 0.609. The van der Waals surface area contributed by atoms with E-state index in [1.807, 2.05) is 29.1 Å². The molecule has 0 bridgehead atoms. The van der Waals surface area contributed by atoms with Gasteiger partial charge in [0, 0.05) is 50.7 Å². The lowest BCUT2D eigenvalue weighted by Crippen LogP contribution is -2.41. The standard InChI is InChI=1S/C21H30FN5O.HI/c1-2-23-20(24-11-3-13-27-14-4-12-26-27)25-17-21(9-15-28-16-10-21)18-5-7-19(22)8-6-18;/h4-8,12,14H,2-3,9-11,13,15-17H2,1H3,(H2,23,24,25);1H. The number of nitrogens with zero attached hydrogens (tertiary/aromatic N) is 3. The van der Waals surface area contributed by atoms with Gasteiger partial charge in [-0.05, 0) is 49.9 Å². The monoisotopic (exact) mass is 515 g/mol. The number of aliphatic imine (C=N–C) groups is 1. The fourth-order valence-electron chi connectivity index (χ4n) is 3.56. The Morgan fingerprint density at radius 3 is 2.66 bits per heavy atom. The first-order chi connectivity index (χ1) is 13.7. The Kier molecular flexibility index (Phi) is 9.86. The summed E-state index contributed by atoms with van der Waals surface area (Å²) in [5.41, 5.74) is 1.03. The number of aromatic nitrogens is 2. The summed E-state index contributed by atoms with van der Waals surface area (Å²) >= 11 is 0. The molecule has 6 nitrogen and oxygen atoms in total. The summed E-state index contributed by atoms with van der Waals surface area (Å²) in [4.78, 5) is 4.87. The van der Waals surface area contributed by atoms with Crippen LogP contribution in [0.5, 0.6) is 0 Å². The molecule has 1 aromatic heterocycles. The van der Waals surface area contributed by atoms with Gasteiger partial charge in [-0.15, -0.1) is 24.0 Å². The summed E-state index contributed by atoms with van der Waals surface area (Å²) in [5, 5.41) is 10.9. The number of hydrogen-bond donors (Lipinski definition) is 2. The summed E-state index contributed by atoms with van der Waals surface area (Å²) in [7, 11) is 0. The molecule has 0 amide bonds. The van der Waals surface area contributed by atoms with Gasteiger partial charge >= 0.3 is 0 Å². The molecule has 1 saturated heterocycles. The Labute approximate surface area is 189 Å². The van der Waals surface area contributed by atoms with Crippen LogP contribution >= 0.6 is 24.0 Å². The Hall–Kier alpha value is -1.68. The number of aryl methyl sites for hydroxylation is 1. The van der Waals surface area contributed by atoms with Gasteiger partial charge in [-0.25, -0.2) is 4.39 Å². The normalized spacial score (nSPS) is 16.1. The molecule has 0 atom stereocenters. The lowest BCUT2D eigenvalue weighted by molar-refractivity contribution is 0.0531. The first-order valence-electron chi connectivity index (χ1n) is 10.1. The molecule has 1 aliphatic rings. The second kappa shape index (κ2) is 12.1. The molecule has 3 rings (SSSR count). The minimum atomic E-state index is -0.207. The van der Waals surface area contributed by atoms with Crippen LogP contribution in [0.2, 0.25) is 0 Å². The number of ether oxygens (including phenoxy) is 1. The third-order valence-corrected chi connectivity index (χ3v) is 5.21. The van der Waals surface area contributed by atoms with Crippen LogP contribution in [0, 0.1) is 5.82 Å². The van der Waals surface area contributed by atoms with Crippen LogP contribution < -0.4 is 10.6 Å². The zero-order valence-corrected chi connectivity index (χ0v) is 19.3. The second-order valence-electron chi connectivity index (χ2n) is 7.14. The van der Waals surface area contributed by atoms with Gasteiger partial charge in [0.05, 0.1) is 6.54 Å². The predicted octanol–water partition coefficient (Wildman–Crippen LogP) is 3.33. The topological polar surface area (TPSA) is 63.5 Å². The SMILES string of the molecule is CCNC(=NCC1(c2ccc(F)cc2)CCOCC1)NCCCn1cccn1.I. The Morgan fingerprint density at radius 1 is 1.24 bits per heavy atom. The molecule has 0 saturated carbocycles. The van der Waals surface area contributed by atoms with E-state index >= 15 is 0 Å². The minimum Gasteiger partial charge on any atom is -0.381 e. The van der Waals surface area contributed by atoms with Crippen LogP contribution in [0.3, 0.4) is 0 Å². The Balaban J connectivity index is 0.00000300. The molecule has 2 N–H and O–H groups in total. The molecule has 29 heavy (non-hydrogen) atoms. The first kappa shape index (κ1) is 23.6. The van der Waals surface area contributed by atoms with Crippen LogP contribution in [-0.4, -0.2) is 48.6 Å². The van der Waals surface area contributed by atoms with E-state index in [0.717, 1.165) is 50.4 Å². The van der Waals surface area contributed by atoms with Gasteiger partial charge in [0.15, 0.2) is 5.96 Å². The highest BCUT2D eigenvalue weighted by Crippen LogP contribution is 2.35. The Morgan fingerprint density at radius 2 is 2.00 bits per heavy atom. The van der Waals surface area contributed by atoms with Crippen molar-refractivity contribution in [2.45, 2.75) is 38.1 Å². The number of halogens is 2. The van der Waals surface area contributed by atoms with E-state index in [2.05, 4.69) is 22.7 Å². The van der Waals surface area contributed by atoms with E-state index in [1.54, 1.807) is 6.20 Å². The quantitative estimate of drug-likeness (QED) is 0.245. The molecular formula is C21H31FIN5O. The molecule has 8 heteroatoms. The highest BCUT2D eigenvalue weighted by atomic mass is 127. The molecule has 0 radical (unpaired) electrons. The number of benzene rings is 1. The summed E-state index contributed by atoms with van der Waals surface area (Å²) < 4.78 is 20.9. The van der Waals surface area contributed by atoms with Crippen LogP contribution in [0.1, 0.15) is 31.7 Å². The highest BCUT2D eigenvalue weighted by molar-refractivity contribution is 14.0. The van der Waals surface area contributed by atoms with Crippen molar-refractivity contribution in [3.8, 4) is 0 Å². The third kappa shape index (κ3) is 6.95. The van der Waals surface area contributed by atoms with Crippen LogP contribution in [0.4, 0.5) is 4.39 Å². The molecule has 0 unspecified atom stereocenters. The smallest absolute Gasteiger partial charge is 0.191 e. The lowest BCUT2D eigenvalue weighted by atomic mass is 9.74. The lowest BCUT2D eigenvalue weighted by Gasteiger charge is -2.36. The van der Waals surface area contributed by atoms with E-state index in [1.165, 1.54) is 12.1 Å². The van der Waals surface area contributed by atoms with Crippen LogP contribution in [-0.2, 0) is 16.7 Å². The van der Waals surface area contributed by atoms with Crippen molar-refractivity contribution in [3.05, 3.63) is 54.1 Å². The predicted molar refractivity (Wildman–Crippen MR) is 124 cm³/mol. The van der Waals surface area contributed by atoms with Crippen molar-refractivity contribution >= 4 is 29.9 Å². The van der Waals surface area contributed by atoms with Gasteiger partial charge in [0.25, 0.3) is 0 Å². The van der Waals surface area contributed by atoms with E-state index in [0.29, 0.717) is 19.8 Å². The average Bonchev–Trinajstić information content (AvgIpc) is 3.24. The molecule has 1 aromatic carbocycles. The van der Waals surface area contributed by atoms with E-state index in [9.17, 15) is 4.39 Å². The summed E-state index contributed by atoms with van der Waals surface area (Å²) in [6.45, 7) is 6.62. The van der Waals surface area contributed by atoms with Gasteiger partial charge in [-0.1, -0.05) is 12.1 Å². The fourth-order valence-corrected chi connectivity index (χ4v) is 3.56. The van der Waals surface area contributed by atoms with E-state index < -0.39 is 0 Å². The summed E-state index contributed by atoms with van der Waals surface area (Å²) in [6.07, 6.45) is 6.50. The number of hydrogen-bond acceptors (Lipinski definition) is 3. The molecule has 0 spiro atoms. The highest BCUT2D eigenvalue weighted by Gasteiger charge is 2.34. The van der Waals surface area contributed by atoms with Gasteiger partial charge in [0.1, 0.15) is 5.82 Å². The fraction of sp³-hybridized carbons (Fsp3) is 0.524. The van der Waals surface area contributed by atoms with Crippen molar-refractivity contribution in [1.29, 1.82) is 0 Å². The van der Waals surface area contributed by atoms with Crippen molar-refractivity contribution in [3.63, 3.8) is 0 Å². The van der Waals surface area contributed by atoms with Crippen LogP contribution in [0.25, 0.3) is 0 Å². The number of nitrogens with one attached hydrogen (secondary N) is 2. The number of rotatable bonds is 8. The van der Waals surface area contributed by atoms with Gasteiger partial charge in [0.2, 0.25) is 0 Å². The van der Waals surface area contributed by atoms with E-state index in [4.69, 9.17) is 9.73 Å². The molecule has 2 heterocycles. The Bertz CT molecular complexity index is 730. The summed E-state index contributed by atoms with van der Waals surface area (Å²) in [6, 6.07) is 8.78. The maximum Gasteiger partial charge on any atom is 0.191 e. The second-order valence-corrected chi connectivity index (χ2v) is 7.14. The maximum atomic E-state index is 13.4. The zero-order valence-electron chi connectivity index (χ0n) is 16.9. The molecule has 2 aromatic rings. The molecule has 0 aliphatic carbocycles. The third-order valence-electron chi connectivity index (χ3n) is 5.21. The van der Waals surface area contributed by atoms with Gasteiger partial charge in [-0.3, -0.25) is 9.67 Å². The zero-order chi connectivity index (χ0) is 19.7. The number of guanidine groups is 1. The molecule has 1 aliphatic heterocycles. The van der Waals surface area contributed by atoms with Gasteiger partial charge < -0.3 is 15.4 Å². The maximum absolute atomic E-state index is 13.4. The van der Waals surface area contributed by atoms with Crippen molar-refractivity contribution in [2.24, 2.45) is 4.99 Å². The van der Waals surface area contributed by atoms with E-state index in [-0.39, 0.29) is 35.2 Å². The molecule has 160 valence electrons. The largest absolute Gasteiger partial charge is 0.381 e. The van der Waals surface area contributed by atoms with Gasteiger partial charge in [-0.2, -0.15) is 5.10 Å².